The lowest BCUT2D eigenvalue weighted by Crippen LogP contribution is -1.77. The minimum Gasteiger partial charge on any atom is -0.0871 e. The van der Waals surface area contributed by atoms with Crippen LogP contribution < -0.4 is 0 Å². The number of benzene rings is 1. The molecule has 0 aromatic heterocycles. The van der Waals surface area contributed by atoms with Gasteiger partial charge in [-0.2, -0.15) is 0 Å². The van der Waals surface area contributed by atoms with Crippen LogP contribution in [0.1, 0.15) is 19.4 Å². The van der Waals surface area contributed by atoms with Crippen LogP contribution in [0.25, 0.3) is 5.57 Å². The molecule has 1 aromatic rings. The fourth-order valence-corrected chi connectivity index (χ4v) is 1.17. The van der Waals surface area contributed by atoms with Gasteiger partial charge < -0.3 is 0 Å². The predicted molar refractivity (Wildman–Crippen MR) is 54.9 cm³/mol. The van der Waals surface area contributed by atoms with Crippen LogP contribution in [0.5, 0.6) is 0 Å². The third-order valence-corrected chi connectivity index (χ3v) is 1.76. The van der Waals surface area contributed by atoms with E-state index >= 15 is 0 Å². The van der Waals surface area contributed by atoms with Gasteiger partial charge in [-0.25, -0.2) is 0 Å². The Morgan fingerprint density at radius 2 is 1.75 bits per heavy atom. The summed E-state index contributed by atoms with van der Waals surface area (Å²) < 4.78 is 0. The molecule has 0 aliphatic rings. The summed E-state index contributed by atoms with van der Waals surface area (Å²) in [6, 6.07) is 10.4. The molecule has 0 heteroatoms. The van der Waals surface area contributed by atoms with Crippen molar-refractivity contribution in [2.75, 3.05) is 0 Å². The van der Waals surface area contributed by atoms with Gasteiger partial charge in [0.25, 0.3) is 0 Å². The summed E-state index contributed by atoms with van der Waals surface area (Å²) in [6.45, 7) is 4.09. The van der Waals surface area contributed by atoms with Crippen LogP contribution in [-0.4, -0.2) is 0 Å². The molecular formula is C12H14. The molecular weight excluding hydrogens is 144 g/mol. The van der Waals surface area contributed by atoms with E-state index in [2.05, 4.69) is 49.4 Å². The third kappa shape index (κ3) is 2.09. The second kappa shape index (κ2) is 4.55. The molecule has 0 atom stereocenters. The van der Waals surface area contributed by atoms with Crippen molar-refractivity contribution < 1.29 is 0 Å². The largest absolute Gasteiger partial charge is 0.0871 e. The lowest BCUT2D eigenvalue weighted by Gasteiger charge is -1.99. The molecule has 0 heterocycles. The van der Waals surface area contributed by atoms with Gasteiger partial charge in [0.1, 0.15) is 0 Å². The van der Waals surface area contributed by atoms with Crippen molar-refractivity contribution in [2.24, 2.45) is 0 Å². The minimum absolute atomic E-state index is 1.28. The van der Waals surface area contributed by atoms with Crippen LogP contribution in [0.2, 0.25) is 0 Å². The van der Waals surface area contributed by atoms with Crippen LogP contribution in [-0.2, 0) is 0 Å². The van der Waals surface area contributed by atoms with Gasteiger partial charge in [-0.15, -0.1) is 0 Å². The van der Waals surface area contributed by atoms with Crippen LogP contribution in [0, 0.1) is 0 Å². The van der Waals surface area contributed by atoms with E-state index < -0.39 is 0 Å². The first kappa shape index (κ1) is 8.79. The van der Waals surface area contributed by atoms with E-state index in [1.807, 2.05) is 13.0 Å². The summed E-state index contributed by atoms with van der Waals surface area (Å²) in [5, 5.41) is 0. The van der Waals surface area contributed by atoms with Crippen molar-refractivity contribution in [1.29, 1.82) is 0 Å². The van der Waals surface area contributed by atoms with E-state index in [-0.39, 0.29) is 0 Å². The SMILES string of the molecule is C/C=C\C(=C/C)c1ccccc1. The van der Waals surface area contributed by atoms with Gasteiger partial charge in [-0.1, -0.05) is 48.6 Å². The average Bonchev–Trinajstić information content (AvgIpc) is 2.15. The van der Waals surface area contributed by atoms with E-state index in [0.717, 1.165) is 0 Å². The zero-order valence-corrected chi connectivity index (χ0v) is 7.62. The first-order valence-electron chi connectivity index (χ1n) is 4.23. The summed E-state index contributed by atoms with van der Waals surface area (Å²) in [5.74, 6) is 0. The first-order chi connectivity index (χ1) is 5.88. The second-order valence-electron chi connectivity index (χ2n) is 2.61. The molecule has 0 saturated carbocycles. The highest BCUT2D eigenvalue weighted by atomic mass is 14.0. The Morgan fingerprint density at radius 3 is 2.25 bits per heavy atom. The highest BCUT2D eigenvalue weighted by Gasteiger charge is 1.92. The maximum absolute atomic E-state index is 2.12. The maximum atomic E-state index is 2.12. The topological polar surface area (TPSA) is 0 Å². The molecule has 0 saturated heterocycles. The molecule has 0 radical (unpaired) electrons. The molecule has 0 spiro atoms. The molecule has 0 nitrogen and oxygen atoms in total. The Morgan fingerprint density at radius 1 is 1.08 bits per heavy atom. The van der Waals surface area contributed by atoms with Crippen LogP contribution >= 0.6 is 0 Å². The molecule has 0 aliphatic carbocycles. The number of rotatable bonds is 2. The van der Waals surface area contributed by atoms with Gasteiger partial charge in [0.05, 0.1) is 0 Å². The summed E-state index contributed by atoms with van der Waals surface area (Å²) in [7, 11) is 0. The van der Waals surface area contributed by atoms with Gasteiger partial charge in [0.15, 0.2) is 0 Å². The molecule has 0 fully saturated rings. The molecule has 0 aliphatic heterocycles. The van der Waals surface area contributed by atoms with Crippen molar-refractivity contribution in [1.82, 2.24) is 0 Å². The molecule has 0 bridgehead atoms. The highest BCUT2D eigenvalue weighted by Crippen LogP contribution is 2.14. The van der Waals surface area contributed by atoms with Gasteiger partial charge in [0, 0.05) is 0 Å². The minimum atomic E-state index is 1.28. The van der Waals surface area contributed by atoms with Crippen LogP contribution in [0.15, 0.2) is 48.6 Å². The van der Waals surface area contributed by atoms with Crippen molar-refractivity contribution >= 4 is 5.57 Å². The highest BCUT2D eigenvalue weighted by molar-refractivity contribution is 5.73. The molecule has 62 valence electrons. The average molecular weight is 158 g/mol. The Kier molecular flexibility index (Phi) is 3.34. The molecule has 12 heavy (non-hydrogen) atoms. The Labute approximate surface area is 74.2 Å². The lowest BCUT2D eigenvalue weighted by atomic mass is 10.1. The fourth-order valence-electron chi connectivity index (χ4n) is 1.17. The molecule has 0 N–H and O–H groups in total. The van der Waals surface area contributed by atoms with Gasteiger partial charge in [0.2, 0.25) is 0 Å². The molecule has 0 unspecified atom stereocenters. The molecule has 0 amide bonds. The standard InChI is InChI=1S/C12H14/c1-3-8-11(4-2)12-9-6-5-7-10-12/h3-10H,1-2H3/b8-3-,11-4+. The molecule has 1 aromatic carbocycles. The fraction of sp³-hybridized carbons (Fsp3) is 0.167. The Hall–Kier alpha value is -1.30. The van der Waals surface area contributed by atoms with E-state index in [0.29, 0.717) is 0 Å². The van der Waals surface area contributed by atoms with Crippen molar-refractivity contribution in [3.05, 3.63) is 54.1 Å². The van der Waals surface area contributed by atoms with Crippen LogP contribution in [0.4, 0.5) is 0 Å². The second-order valence-corrected chi connectivity index (χ2v) is 2.61. The number of hydrogen-bond acceptors (Lipinski definition) is 0. The summed E-state index contributed by atoms with van der Waals surface area (Å²) >= 11 is 0. The van der Waals surface area contributed by atoms with E-state index in [1.54, 1.807) is 0 Å². The normalized spacial score (nSPS) is 12.3. The lowest BCUT2D eigenvalue weighted by molar-refractivity contribution is 1.58. The van der Waals surface area contributed by atoms with Crippen LogP contribution in [0.3, 0.4) is 0 Å². The zero-order valence-electron chi connectivity index (χ0n) is 7.62. The number of allylic oxidation sites excluding steroid dienone is 4. The Balaban J connectivity index is 2.97. The third-order valence-electron chi connectivity index (χ3n) is 1.76. The quantitative estimate of drug-likeness (QED) is 0.576. The smallest absolute Gasteiger partial charge is 0.0187 e. The van der Waals surface area contributed by atoms with Crippen molar-refractivity contribution in [3.8, 4) is 0 Å². The zero-order chi connectivity index (χ0) is 8.81. The monoisotopic (exact) mass is 158 g/mol. The maximum Gasteiger partial charge on any atom is -0.0187 e. The van der Waals surface area contributed by atoms with Gasteiger partial charge >= 0.3 is 0 Å². The summed E-state index contributed by atoms with van der Waals surface area (Å²) in [4.78, 5) is 0. The van der Waals surface area contributed by atoms with Gasteiger partial charge in [-0.05, 0) is 25.0 Å². The van der Waals surface area contributed by atoms with Gasteiger partial charge in [-0.3, -0.25) is 0 Å². The predicted octanol–water partition coefficient (Wildman–Crippen LogP) is 3.67. The first-order valence-corrected chi connectivity index (χ1v) is 4.23. The number of hydrogen-bond donors (Lipinski definition) is 0. The summed E-state index contributed by atoms with van der Waals surface area (Å²) in [5.41, 5.74) is 2.55. The van der Waals surface area contributed by atoms with E-state index in [1.165, 1.54) is 11.1 Å². The molecule has 1 rings (SSSR count). The van der Waals surface area contributed by atoms with Crippen molar-refractivity contribution in [2.45, 2.75) is 13.8 Å². The van der Waals surface area contributed by atoms with Crippen molar-refractivity contribution in [3.63, 3.8) is 0 Å². The Bertz CT molecular complexity index is 278. The van der Waals surface area contributed by atoms with E-state index in [9.17, 15) is 0 Å². The summed E-state index contributed by atoms with van der Waals surface area (Å²) in [6.07, 6.45) is 6.30. The van der Waals surface area contributed by atoms with E-state index in [4.69, 9.17) is 0 Å².